The normalized spacial score (nSPS) is 15.1. The SMILES string of the molecule is CCNCC(=O)N(Cc1ccco1)C1CC1. The molecule has 0 aliphatic heterocycles. The number of rotatable bonds is 6. The molecule has 0 bridgehead atoms. The van der Waals surface area contributed by atoms with E-state index in [1.165, 1.54) is 0 Å². The number of hydrogen-bond donors (Lipinski definition) is 1. The summed E-state index contributed by atoms with van der Waals surface area (Å²) < 4.78 is 5.28. The first-order valence-corrected chi connectivity index (χ1v) is 5.84. The van der Waals surface area contributed by atoms with Gasteiger partial charge < -0.3 is 14.6 Å². The highest BCUT2D eigenvalue weighted by Gasteiger charge is 2.32. The fourth-order valence-electron chi connectivity index (χ4n) is 1.71. The standard InChI is InChI=1S/C12H18N2O2/c1-2-13-8-12(15)14(10-5-6-10)9-11-4-3-7-16-11/h3-4,7,10,13H,2,5-6,8-9H2,1H3. The van der Waals surface area contributed by atoms with Crippen LogP contribution < -0.4 is 5.32 Å². The Balaban J connectivity index is 1.92. The van der Waals surface area contributed by atoms with Crippen molar-refractivity contribution < 1.29 is 9.21 Å². The number of hydrogen-bond acceptors (Lipinski definition) is 3. The first kappa shape index (κ1) is 11.2. The lowest BCUT2D eigenvalue weighted by Crippen LogP contribution is -2.39. The zero-order chi connectivity index (χ0) is 11.4. The second-order valence-corrected chi connectivity index (χ2v) is 4.11. The third-order valence-corrected chi connectivity index (χ3v) is 2.74. The molecule has 1 aliphatic carbocycles. The minimum atomic E-state index is 0.167. The molecule has 0 aromatic carbocycles. The molecule has 2 rings (SSSR count). The van der Waals surface area contributed by atoms with Crippen LogP contribution in [0.1, 0.15) is 25.5 Å². The number of nitrogens with one attached hydrogen (secondary N) is 1. The third kappa shape index (κ3) is 2.85. The summed E-state index contributed by atoms with van der Waals surface area (Å²) in [6.45, 7) is 3.85. The molecule has 0 saturated heterocycles. The van der Waals surface area contributed by atoms with Crippen molar-refractivity contribution in [2.24, 2.45) is 0 Å². The van der Waals surface area contributed by atoms with E-state index in [1.807, 2.05) is 24.0 Å². The molecule has 1 saturated carbocycles. The Morgan fingerprint density at radius 3 is 3.00 bits per heavy atom. The van der Waals surface area contributed by atoms with Crippen molar-refractivity contribution in [3.63, 3.8) is 0 Å². The number of furan rings is 1. The largest absolute Gasteiger partial charge is 0.467 e. The zero-order valence-corrected chi connectivity index (χ0v) is 9.61. The molecule has 4 nitrogen and oxygen atoms in total. The summed E-state index contributed by atoms with van der Waals surface area (Å²) in [7, 11) is 0. The lowest BCUT2D eigenvalue weighted by atomic mass is 10.3. The molecule has 4 heteroatoms. The van der Waals surface area contributed by atoms with Gasteiger partial charge in [0.1, 0.15) is 5.76 Å². The molecule has 1 aromatic rings. The van der Waals surface area contributed by atoms with E-state index < -0.39 is 0 Å². The predicted molar refractivity (Wildman–Crippen MR) is 60.8 cm³/mol. The maximum atomic E-state index is 11.9. The summed E-state index contributed by atoms with van der Waals surface area (Å²) in [6.07, 6.45) is 3.90. The zero-order valence-electron chi connectivity index (χ0n) is 9.61. The second-order valence-electron chi connectivity index (χ2n) is 4.11. The van der Waals surface area contributed by atoms with E-state index in [4.69, 9.17) is 4.42 Å². The van der Waals surface area contributed by atoms with Crippen molar-refractivity contribution in [3.8, 4) is 0 Å². The van der Waals surface area contributed by atoms with E-state index in [1.54, 1.807) is 6.26 Å². The summed E-state index contributed by atoms with van der Waals surface area (Å²) >= 11 is 0. The van der Waals surface area contributed by atoms with Gasteiger partial charge in [-0.25, -0.2) is 0 Å². The minimum absolute atomic E-state index is 0.167. The Kier molecular flexibility index (Phi) is 3.62. The van der Waals surface area contributed by atoms with E-state index in [2.05, 4.69) is 5.32 Å². The molecule has 0 spiro atoms. The van der Waals surface area contributed by atoms with Gasteiger partial charge in [0.15, 0.2) is 0 Å². The Bertz CT molecular complexity index is 331. The smallest absolute Gasteiger partial charge is 0.237 e. The van der Waals surface area contributed by atoms with E-state index in [0.29, 0.717) is 19.1 Å². The van der Waals surface area contributed by atoms with Crippen LogP contribution in [0.25, 0.3) is 0 Å². The average molecular weight is 222 g/mol. The van der Waals surface area contributed by atoms with Crippen molar-refractivity contribution in [2.45, 2.75) is 32.4 Å². The van der Waals surface area contributed by atoms with Gasteiger partial charge in [-0.2, -0.15) is 0 Å². The molecule has 1 aromatic heterocycles. The summed E-state index contributed by atoms with van der Waals surface area (Å²) in [5, 5.41) is 3.07. The molecule has 1 heterocycles. The maximum Gasteiger partial charge on any atom is 0.237 e. The molecule has 1 fully saturated rings. The number of amides is 1. The first-order valence-electron chi connectivity index (χ1n) is 5.84. The monoisotopic (exact) mass is 222 g/mol. The third-order valence-electron chi connectivity index (χ3n) is 2.74. The van der Waals surface area contributed by atoms with Gasteiger partial charge in [-0.15, -0.1) is 0 Å². The van der Waals surface area contributed by atoms with E-state index >= 15 is 0 Å². The Hall–Kier alpha value is -1.29. The van der Waals surface area contributed by atoms with E-state index in [9.17, 15) is 4.79 Å². The highest BCUT2D eigenvalue weighted by molar-refractivity contribution is 5.78. The van der Waals surface area contributed by atoms with Crippen LogP contribution in [0.5, 0.6) is 0 Å². The molecule has 88 valence electrons. The molecule has 16 heavy (non-hydrogen) atoms. The summed E-state index contributed by atoms with van der Waals surface area (Å²) in [5.74, 6) is 1.03. The summed E-state index contributed by atoms with van der Waals surface area (Å²) in [5.41, 5.74) is 0. The second kappa shape index (κ2) is 5.16. The quantitative estimate of drug-likeness (QED) is 0.791. The predicted octanol–water partition coefficient (Wildman–Crippen LogP) is 1.38. The lowest BCUT2D eigenvalue weighted by molar-refractivity contribution is -0.131. The number of likely N-dealkylation sites (N-methyl/N-ethyl adjacent to an activating group) is 1. The fraction of sp³-hybridized carbons (Fsp3) is 0.583. The first-order chi connectivity index (χ1) is 7.81. The molecule has 0 unspecified atom stereocenters. The Morgan fingerprint density at radius 1 is 1.62 bits per heavy atom. The number of nitrogens with zero attached hydrogens (tertiary/aromatic N) is 1. The van der Waals surface area contributed by atoms with Crippen LogP contribution >= 0.6 is 0 Å². The highest BCUT2D eigenvalue weighted by Crippen LogP contribution is 2.28. The molecular weight excluding hydrogens is 204 g/mol. The van der Waals surface area contributed by atoms with Crippen LogP contribution in [0.15, 0.2) is 22.8 Å². The molecule has 0 radical (unpaired) electrons. The van der Waals surface area contributed by atoms with Crippen molar-refractivity contribution in [2.75, 3.05) is 13.1 Å². The van der Waals surface area contributed by atoms with Crippen LogP contribution in [0, 0.1) is 0 Å². The van der Waals surface area contributed by atoms with Crippen LogP contribution in [0.4, 0.5) is 0 Å². The van der Waals surface area contributed by atoms with Crippen molar-refractivity contribution in [3.05, 3.63) is 24.2 Å². The van der Waals surface area contributed by atoms with E-state index in [-0.39, 0.29) is 5.91 Å². The molecule has 1 aliphatic rings. The van der Waals surface area contributed by atoms with Gasteiger partial charge >= 0.3 is 0 Å². The van der Waals surface area contributed by atoms with Crippen LogP contribution in [-0.2, 0) is 11.3 Å². The van der Waals surface area contributed by atoms with Crippen LogP contribution in [0.2, 0.25) is 0 Å². The lowest BCUT2D eigenvalue weighted by Gasteiger charge is -2.21. The van der Waals surface area contributed by atoms with Gasteiger partial charge in [-0.1, -0.05) is 6.92 Å². The van der Waals surface area contributed by atoms with Crippen molar-refractivity contribution >= 4 is 5.91 Å². The molecular formula is C12H18N2O2. The van der Waals surface area contributed by atoms with Crippen molar-refractivity contribution in [1.82, 2.24) is 10.2 Å². The van der Waals surface area contributed by atoms with Crippen LogP contribution in [-0.4, -0.2) is 29.9 Å². The molecule has 0 atom stereocenters. The Labute approximate surface area is 95.6 Å². The number of carbonyl (C=O) groups excluding carboxylic acids is 1. The van der Waals surface area contributed by atoms with Crippen molar-refractivity contribution in [1.29, 1.82) is 0 Å². The average Bonchev–Trinajstić information content (AvgIpc) is 3.00. The van der Waals surface area contributed by atoms with Gasteiger partial charge in [0.2, 0.25) is 5.91 Å². The van der Waals surface area contributed by atoms with Gasteiger partial charge in [-0.05, 0) is 31.5 Å². The Morgan fingerprint density at radius 2 is 2.44 bits per heavy atom. The molecule has 1 amide bonds. The van der Waals surface area contributed by atoms with Gasteiger partial charge in [0.05, 0.1) is 19.4 Å². The maximum absolute atomic E-state index is 11.9. The van der Waals surface area contributed by atoms with Gasteiger partial charge in [-0.3, -0.25) is 4.79 Å². The fourth-order valence-corrected chi connectivity index (χ4v) is 1.71. The summed E-state index contributed by atoms with van der Waals surface area (Å²) in [4.78, 5) is 13.8. The van der Waals surface area contributed by atoms with Gasteiger partial charge in [0.25, 0.3) is 0 Å². The minimum Gasteiger partial charge on any atom is -0.467 e. The summed E-state index contributed by atoms with van der Waals surface area (Å²) in [6, 6.07) is 4.20. The number of carbonyl (C=O) groups is 1. The van der Waals surface area contributed by atoms with E-state index in [0.717, 1.165) is 25.1 Å². The topological polar surface area (TPSA) is 45.5 Å². The highest BCUT2D eigenvalue weighted by atomic mass is 16.3. The van der Waals surface area contributed by atoms with Gasteiger partial charge in [0, 0.05) is 6.04 Å². The molecule has 1 N–H and O–H groups in total. The van der Waals surface area contributed by atoms with Crippen LogP contribution in [0.3, 0.4) is 0 Å².